The highest BCUT2D eigenvalue weighted by Gasteiger charge is 2.23. The van der Waals surface area contributed by atoms with E-state index in [9.17, 15) is 0 Å². The normalized spacial score (nSPS) is 33.0. The molecule has 1 atom stereocenters. The summed E-state index contributed by atoms with van der Waals surface area (Å²) in [4.78, 5) is 0. The Labute approximate surface area is 59.8 Å². The molecule has 0 aromatic carbocycles. The minimum Gasteiger partial charge on any atom is -0.484 e. The molecule has 0 bridgehead atoms. The molecule has 2 heterocycles. The molecule has 0 saturated carbocycles. The van der Waals surface area contributed by atoms with Gasteiger partial charge in [-0.2, -0.15) is 5.53 Å². The number of nitrogens with one attached hydrogen (secondary N) is 2. The molecule has 4 heteroatoms. The third kappa shape index (κ3) is 1.01. The van der Waals surface area contributed by atoms with E-state index in [2.05, 4.69) is 17.6 Å². The third-order valence-electron chi connectivity index (χ3n) is 1.55. The number of hydrogen-bond acceptors (Lipinski definition) is 4. The molecule has 1 fully saturated rings. The van der Waals surface area contributed by atoms with Crippen LogP contribution < -0.4 is 11.0 Å². The molecule has 0 aromatic rings. The van der Waals surface area contributed by atoms with Gasteiger partial charge in [0.05, 0.1) is 12.3 Å². The van der Waals surface area contributed by atoms with Crippen LogP contribution in [0.15, 0.2) is 12.3 Å². The van der Waals surface area contributed by atoms with Gasteiger partial charge in [-0.05, 0) is 6.08 Å². The van der Waals surface area contributed by atoms with Gasteiger partial charge >= 0.3 is 0 Å². The lowest BCUT2D eigenvalue weighted by atomic mass is 10.3. The van der Waals surface area contributed by atoms with Gasteiger partial charge in [-0.15, -0.1) is 0 Å². The fraction of sp³-hybridized carbons (Fsp3) is 0.500. The summed E-state index contributed by atoms with van der Waals surface area (Å²) in [5.41, 5.74) is 5.98. The van der Waals surface area contributed by atoms with E-state index in [1.807, 2.05) is 11.1 Å². The van der Waals surface area contributed by atoms with Crippen molar-refractivity contribution in [2.24, 2.45) is 0 Å². The molecule has 1 unspecified atom stereocenters. The van der Waals surface area contributed by atoms with E-state index in [0.717, 1.165) is 13.1 Å². The van der Waals surface area contributed by atoms with Crippen molar-refractivity contribution in [3.63, 3.8) is 0 Å². The largest absolute Gasteiger partial charge is 0.484 e. The average Bonchev–Trinajstić information content (AvgIpc) is 2.59. The van der Waals surface area contributed by atoms with Gasteiger partial charge in [-0.3, -0.25) is 0 Å². The zero-order chi connectivity index (χ0) is 6.81. The Kier molecular flexibility index (Phi) is 1.58. The van der Waals surface area contributed by atoms with Crippen LogP contribution in [0.2, 0.25) is 0 Å². The van der Waals surface area contributed by atoms with E-state index in [-0.39, 0.29) is 6.04 Å². The molecule has 0 spiro atoms. The standard InChI is InChI=1S/C6H9N3O/c1-4-10-5-6(1)9-3-2-7-8-9/h1,4,6-8H,2-3H2. The van der Waals surface area contributed by atoms with Crippen LogP contribution in [0.25, 0.3) is 0 Å². The number of ether oxygens (including phenoxy) is 1. The molecule has 54 valence electrons. The van der Waals surface area contributed by atoms with Gasteiger partial charge in [0.1, 0.15) is 0 Å². The summed E-state index contributed by atoms with van der Waals surface area (Å²) in [6, 6.07) is 0.162. The summed E-state index contributed by atoms with van der Waals surface area (Å²) in [5.74, 6) is 0. The summed E-state index contributed by atoms with van der Waals surface area (Å²) in [6.07, 6.45) is 3.59. The highest BCUT2D eigenvalue weighted by Crippen LogP contribution is 2.10. The predicted octanol–water partition coefficient (Wildman–Crippen LogP) is -0.738. The molecule has 0 aromatic heterocycles. The van der Waals surface area contributed by atoms with Crippen molar-refractivity contribution in [1.82, 2.24) is 16.0 Å². The van der Waals surface area contributed by atoms with E-state index in [0.29, 0.717) is 0 Å². The molecular weight excluding hydrogens is 130 g/mol. The van der Waals surface area contributed by atoms with Crippen molar-refractivity contribution in [2.75, 3.05) is 13.1 Å². The quantitative estimate of drug-likeness (QED) is 0.502. The van der Waals surface area contributed by atoms with Crippen LogP contribution in [0.1, 0.15) is 0 Å². The lowest BCUT2D eigenvalue weighted by Crippen LogP contribution is -2.42. The Morgan fingerprint density at radius 1 is 1.70 bits per heavy atom. The Morgan fingerprint density at radius 3 is 3.30 bits per heavy atom. The second kappa shape index (κ2) is 2.57. The molecule has 2 radical (unpaired) electrons. The Hall–Kier alpha value is -0.580. The van der Waals surface area contributed by atoms with Crippen LogP contribution in [0.5, 0.6) is 0 Å². The maximum atomic E-state index is 4.83. The molecule has 0 aliphatic carbocycles. The first kappa shape index (κ1) is 6.15. The van der Waals surface area contributed by atoms with E-state index >= 15 is 0 Å². The highest BCUT2D eigenvalue weighted by atomic mass is 16.5. The van der Waals surface area contributed by atoms with Gasteiger partial charge < -0.3 is 4.74 Å². The van der Waals surface area contributed by atoms with Crippen molar-refractivity contribution >= 4 is 0 Å². The zero-order valence-electron chi connectivity index (χ0n) is 5.50. The number of rotatable bonds is 1. The van der Waals surface area contributed by atoms with Gasteiger partial charge in [0, 0.05) is 13.1 Å². The summed E-state index contributed by atoms with van der Waals surface area (Å²) >= 11 is 0. The topological polar surface area (TPSA) is 36.5 Å². The maximum absolute atomic E-state index is 4.83. The van der Waals surface area contributed by atoms with Crippen LogP contribution >= 0.6 is 0 Å². The number of hydrazine groups is 2. The van der Waals surface area contributed by atoms with E-state index < -0.39 is 0 Å². The number of nitrogens with zero attached hydrogens (tertiary/aromatic N) is 1. The van der Waals surface area contributed by atoms with E-state index in [4.69, 9.17) is 4.74 Å². The van der Waals surface area contributed by atoms with Crippen molar-refractivity contribution < 1.29 is 4.74 Å². The van der Waals surface area contributed by atoms with Crippen LogP contribution in [-0.2, 0) is 4.74 Å². The molecule has 2 N–H and O–H groups in total. The van der Waals surface area contributed by atoms with Crippen LogP contribution in [-0.4, -0.2) is 24.1 Å². The minimum absolute atomic E-state index is 0.162. The molecule has 2 rings (SSSR count). The molecular formula is C6H9N3O. The summed E-state index contributed by atoms with van der Waals surface area (Å²) in [6.45, 7) is 4.75. The molecule has 0 amide bonds. The fourth-order valence-electron chi connectivity index (χ4n) is 1.03. The molecule has 2 aliphatic rings. The summed E-state index contributed by atoms with van der Waals surface area (Å²) in [7, 11) is 0. The van der Waals surface area contributed by atoms with Crippen molar-refractivity contribution in [3.05, 3.63) is 18.9 Å². The van der Waals surface area contributed by atoms with Gasteiger partial charge in [0.15, 0.2) is 0 Å². The van der Waals surface area contributed by atoms with Crippen LogP contribution in [0.4, 0.5) is 0 Å². The van der Waals surface area contributed by atoms with E-state index in [1.165, 1.54) is 0 Å². The highest BCUT2D eigenvalue weighted by molar-refractivity contribution is 5.02. The number of hydrogen-bond donors (Lipinski definition) is 2. The van der Waals surface area contributed by atoms with E-state index in [1.54, 1.807) is 6.26 Å². The first-order valence-corrected chi connectivity index (χ1v) is 3.30. The monoisotopic (exact) mass is 139 g/mol. The van der Waals surface area contributed by atoms with Crippen molar-refractivity contribution in [1.29, 1.82) is 0 Å². The third-order valence-corrected chi connectivity index (χ3v) is 1.55. The Balaban J connectivity index is 1.91. The second-order valence-electron chi connectivity index (χ2n) is 2.24. The molecule has 2 aliphatic heterocycles. The maximum Gasteiger partial charge on any atom is 0.219 e. The second-order valence-corrected chi connectivity index (χ2v) is 2.24. The van der Waals surface area contributed by atoms with Crippen molar-refractivity contribution in [2.45, 2.75) is 6.04 Å². The fourth-order valence-corrected chi connectivity index (χ4v) is 1.03. The van der Waals surface area contributed by atoms with Gasteiger partial charge in [-0.1, -0.05) is 0 Å². The molecule has 10 heavy (non-hydrogen) atoms. The Bertz CT molecular complexity index is 142. The SMILES string of the molecule is [C]1OC=CC1N1CCNN1. The molecule has 4 nitrogen and oxygen atoms in total. The summed E-state index contributed by atoms with van der Waals surface area (Å²) < 4.78 is 4.83. The first-order chi connectivity index (χ1) is 4.97. The molecule has 1 saturated heterocycles. The lowest BCUT2D eigenvalue weighted by molar-refractivity contribution is 0.179. The minimum atomic E-state index is 0.162. The van der Waals surface area contributed by atoms with Gasteiger partial charge in [0.2, 0.25) is 6.61 Å². The predicted molar refractivity (Wildman–Crippen MR) is 35.1 cm³/mol. The van der Waals surface area contributed by atoms with Crippen LogP contribution in [0.3, 0.4) is 0 Å². The lowest BCUT2D eigenvalue weighted by Gasteiger charge is -2.17. The van der Waals surface area contributed by atoms with Crippen LogP contribution in [0, 0.1) is 6.61 Å². The Morgan fingerprint density at radius 2 is 2.70 bits per heavy atom. The van der Waals surface area contributed by atoms with Gasteiger partial charge in [0.25, 0.3) is 0 Å². The smallest absolute Gasteiger partial charge is 0.219 e. The van der Waals surface area contributed by atoms with Gasteiger partial charge in [-0.25, -0.2) is 10.4 Å². The average molecular weight is 139 g/mol. The first-order valence-electron chi connectivity index (χ1n) is 3.30. The zero-order valence-corrected chi connectivity index (χ0v) is 5.50. The summed E-state index contributed by atoms with van der Waals surface area (Å²) in [5, 5.41) is 2.02. The van der Waals surface area contributed by atoms with Crippen molar-refractivity contribution in [3.8, 4) is 0 Å².